The molecule has 0 atom stereocenters. The van der Waals surface area contributed by atoms with Crippen molar-refractivity contribution >= 4 is 54.3 Å². The predicted molar refractivity (Wildman–Crippen MR) is 178 cm³/mol. The van der Waals surface area contributed by atoms with Crippen molar-refractivity contribution in [2.24, 2.45) is 0 Å². The summed E-state index contributed by atoms with van der Waals surface area (Å²) < 4.78 is 6.44. The third-order valence-electron chi connectivity index (χ3n) is 8.56. The van der Waals surface area contributed by atoms with Gasteiger partial charge in [0.15, 0.2) is 0 Å². The zero-order chi connectivity index (χ0) is 28.3. The normalized spacial score (nSPS) is 11.7. The maximum absolute atomic E-state index is 6.44. The van der Waals surface area contributed by atoms with E-state index in [4.69, 9.17) is 9.40 Å². The van der Waals surface area contributed by atoms with Gasteiger partial charge in [0.1, 0.15) is 11.2 Å². The van der Waals surface area contributed by atoms with Gasteiger partial charge in [-0.3, -0.25) is 4.98 Å². The molecule has 0 aliphatic carbocycles. The second kappa shape index (κ2) is 9.37. The van der Waals surface area contributed by atoms with E-state index < -0.39 is 0 Å². The Hall–Kier alpha value is -5.80. The molecule has 3 heteroatoms. The Morgan fingerprint density at radius 1 is 0.419 bits per heavy atom. The van der Waals surface area contributed by atoms with Crippen molar-refractivity contribution in [1.29, 1.82) is 0 Å². The van der Waals surface area contributed by atoms with Crippen molar-refractivity contribution in [3.63, 3.8) is 0 Å². The minimum atomic E-state index is 0.900. The van der Waals surface area contributed by atoms with E-state index >= 15 is 0 Å². The summed E-state index contributed by atoms with van der Waals surface area (Å²) in [6.45, 7) is 0. The van der Waals surface area contributed by atoms with Crippen LogP contribution in [-0.2, 0) is 0 Å². The fourth-order valence-corrected chi connectivity index (χ4v) is 6.63. The highest BCUT2D eigenvalue weighted by Crippen LogP contribution is 2.45. The monoisotopic (exact) mass is 548 g/mol. The van der Waals surface area contributed by atoms with Crippen LogP contribution < -0.4 is 0 Å². The molecule has 43 heavy (non-hydrogen) atoms. The van der Waals surface area contributed by atoms with Gasteiger partial charge in [-0.25, -0.2) is 4.98 Å². The molecular formula is C40H24N2O. The lowest BCUT2D eigenvalue weighted by atomic mass is 9.87. The summed E-state index contributed by atoms with van der Waals surface area (Å²) in [6, 6.07) is 47.1. The van der Waals surface area contributed by atoms with Gasteiger partial charge in [-0.15, -0.1) is 0 Å². The number of hydrogen-bond acceptors (Lipinski definition) is 3. The summed E-state index contributed by atoms with van der Waals surface area (Å²) in [7, 11) is 0. The Labute approximate surface area is 247 Å². The number of pyridine rings is 2. The highest BCUT2D eigenvalue weighted by molar-refractivity contribution is 6.22. The van der Waals surface area contributed by atoms with Crippen LogP contribution in [-0.4, -0.2) is 9.97 Å². The van der Waals surface area contributed by atoms with Gasteiger partial charge in [-0.05, 0) is 80.5 Å². The number of furan rings is 1. The lowest BCUT2D eigenvalue weighted by Crippen LogP contribution is -1.93. The Morgan fingerprint density at radius 3 is 1.81 bits per heavy atom. The van der Waals surface area contributed by atoms with Crippen LogP contribution in [0.1, 0.15) is 0 Å². The largest absolute Gasteiger partial charge is 0.455 e. The Bertz CT molecular complexity index is 2450. The molecule has 0 spiro atoms. The van der Waals surface area contributed by atoms with Crippen molar-refractivity contribution in [3.8, 4) is 33.6 Å². The molecule has 3 heterocycles. The average molecular weight is 549 g/mol. The summed E-state index contributed by atoms with van der Waals surface area (Å²) >= 11 is 0. The van der Waals surface area contributed by atoms with E-state index in [1.165, 1.54) is 38.1 Å². The first-order valence-electron chi connectivity index (χ1n) is 14.5. The van der Waals surface area contributed by atoms with Crippen LogP contribution in [0.15, 0.2) is 150 Å². The molecule has 0 radical (unpaired) electrons. The summed E-state index contributed by atoms with van der Waals surface area (Å²) in [5, 5.41) is 9.34. The van der Waals surface area contributed by atoms with Gasteiger partial charge in [0.2, 0.25) is 0 Å². The van der Waals surface area contributed by atoms with Gasteiger partial charge in [-0.2, -0.15) is 0 Å². The fraction of sp³-hybridized carbons (Fsp3) is 0. The first kappa shape index (κ1) is 23.9. The molecule has 0 aliphatic heterocycles. The van der Waals surface area contributed by atoms with Crippen LogP contribution in [0.4, 0.5) is 0 Å². The zero-order valence-electron chi connectivity index (χ0n) is 23.2. The van der Waals surface area contributed by atoms with Crippen LogP contribution in [0, 0.1) is 0 Å². The maximum atomic E-state index is 6.44. The third kappa shape index (κ3) is 3.68. The lowest BCUT2D eigenvalue weighted by Gasteiger charge is -2.17. The van der Waals surface area contributed by atoms with E-state index in [0.29, 0.717) is 0 Å². The molecule has 0 bridgehead atoms. The standard InChI is InChI=1S/C40H24N2O/c1-2-9-28-25(8-1)16-18-33-34-24-27(17-19-37(34)43-40(28)33)38-29-10-3-5-12-31(29)39(32-13-6-4-11-30(32)38)36-15-7-14-35(42-36)26-20-22-41-23-21-26/h1-24H. The summed E-state index contributed by atoms with van der Waals surface area (Å²) in [4.78, 5) is 9.35. The maximum Gasteiger partial charge on any atom is 0.143 e. The molecule has 6 aromatic carbocycles. The third-order valence-corrected chi connectivity index (χ3v) is 8.56. The van der Waals surface area contributed by atoms with Crippen molar-refractivity contribution in [3.05, 3.63) is 146 Å². The Balaban J connectivity index is 1.33. The van der Waals surface area contributed by atoms with Gasteiger partial charge in [0.05, 0.1) is 11.4 Å². The molecular weight excluding hydrogens is 524 g/mol. The van der Waals surface area contributed by atoms with Gasteiger partial charge >= 0.3 is 0 Å². The molecule has 0 fully saturated rings. The first-order chi connectivity index (χ1) is 21.3. The molecule has 0 amide bonds. The molecule has 0 aliphatic rings. The number of nitrogens with zero attached hydrogens (tertiary/aromatic N) is 2. The molecule has 9 rings (SSSR count). The van der Waals surface area contributed by atoms with E-state index in [-0.39, 0.29) is 0 Å². The molecule has 0 N–H and O–H groups in total. The lowest BCUT2D eigenvalue weighted by molar-refractivity contribution is 0.672. The van der Waals surface area contributed by atoms with Crippen LogP contribution in [0.25, 0.3) is 87.9 Å². The molecule has 0 saturated heterocycles. The minimum absolute atomic E-state index is 0.900. The molecule has 0 unspecified atom stereocenters. The van der Waals surface area contributed by atoms with Gasteiger partial charge in [-0.1, -0.05) is 91.0 Å². The zero-order valence-corrected chi connectivity index (χ0v) is 23.2. The first-order valence-corrected chi connectivity index (χ1v) is 14.5. The van der Waals surface area contributed by atoms with E-state index in [1.54, 1.807) is 0 Å². The second-order valence-corrected chi connectivity index (χ2v) is 11.0. The molecule has 200 valence electrons. The summed E-state index contributed by atoms with van der Waals surface area (Å²) in [5.41, 5.74) is 8.31. The highest BCUT2D eigenvalue weighted by Gasteiger charge is 2.19. The highest BCUT2D eigenvalue weighted by atomic mass is 16.3. The SMILES string of the molecule is c1cc(-c2ccncc2)nc(-c2c3ccccc3c(-c3ccc4oc5c6ccccc6ccc5c4c3)c3ccccc23)c1. The average Bonchev–Trinajstić information content (AvgIpc) is 3.46. The van der Waals surface area contributed by atoms with Crippen molar-refractivity contribution in [2.45, 2.75) is 0 Å². The number of aromatic nitrogens is 2. The quantitative estimate of drug-likeness (QED) is 0.206. The smallest absolute Gasteiger partial charge is 0.143 e. The Morgan fingerprint density at radius 2 is 1.07 bits per heavy atom. The summed E-state index contributed by atoms with van der Waals surface area (Å²) in [6.07, 6.45) is 3.62. The number of fused-ring (bicyclic) bond motifs is 7. The topological polar surface area (TPSA) is 38.9 Å². The van der Waals surface area contributed by atoms with E-state index in [9.17, 15) is 0 Å². The second-order valence-electron chi connectivity index (χ2n) is 11.0. The van der Waals surface area contributed by atoms with Crippen molar-refractivity contribution in [1.82, 2.24) is 9.97 Å². The van der Waals surface area contributed by atoms with Crippen LogP contribution in [0.2, 0.25) is 0 Å². The molecule has 9 aromatic rings. The van der Waals surface area contributed by atoms with Crippen molar-refractivity contribution < 1.29 is 4.42 Å². The van der Waals surface area contributed by atoms with Crippen molar-refractivity contribution in [2.75, 3.05) is 0 Å². The predicted octanol–water partition coefficient (Wildman–Crippen LogP) is 10.8. The van der Waals surface area contributed by atoms with Gasteiger partial charge in [0, 0.05) is 39.7 Å². The van der Waals surface area contributed by atoms with Gasteiger partial charge in [0.25, 0.3) is 0 Å². The van der Waals surface area contributed by atoms with Crippen LogP contribution in [0.3, 0.4) is 0 Å². The Kier molecular flexibility index (Phi) is 5.20. The molecule has 0 saturated carbocycles. The van der Waals surface area contributed by atoms with E-state index in [0.717, 1.165) is 49.8 Å². The van der Waals surface area contributed by atoms with Gasteiger partial charge < -0.3 is 4.42 Å². The number of hydrogen-bond donors (Lipinski definition) is 0. The van der Waals surface area contributed by atoms with Crippen LogP contribution in [0.5, 0.6) is 0 Å². The van der Waals surface area contributed by atoms with E-state index in [2.05, 4.69) is 126 Å². The number of benzene rings is 6. The minimum Gasteiger partial charge on any atom is -0.455 e. The summed E-state index contributed by atoms with van der Waals surface area (Å²) in [5.74, 6) is 0. The van der Waals surface area contributed by atoms with E-state index in [1.807, 2.05) is 24.5 Å². The van der Waals surface area contributed by atoms with Crippen LogP contribution >= 0.6 is 0 Å². The molecule has 3 nitrogen and oxygen atoms in total. The number of rotatable bonds is 3. The molecule has 3 aromatic heterocycles. The fourth-order valence-electron chi connectivity index (χ4n) is 6.63.